The molecule has 0 amide bonds. The first-order chi connectivity index (χ1) is 3.71. The summed E-state index contributed by atoms with van der Waals surface area (Å²) in [5, 5.41) is 0. The van der Waals surface area contributed by atoms with Crippen LogP contribution in [0.15, 0.2) is 0 Å². The molecule has 0 spiro atoms. The van der Waals surface area contributed by atoms with E-state index in [1.807, 2.05) is 5.67 Å². The Kier molecular flexibility index (Phi) is 2.30. The molecule has 1 heterocycles. The van der Waals surface area contributed by atoms with Crippen molar-refractivity contribution in [1.29, 1.82) is 0 Å². The van der Waals surface area contributed by atoms with E-state index in [-0.39, 0.29) is 0 Å². The molecule has 0 aromatic heterocycles. The van der Waals surface area contributed by atoms with Crippen LogP contribution in [0.3, 0.4) is 0 Å². The number of hydrogen-bond acceptors (Lipinski definition) is 0. The first kappa shape index (κ1) is 6.98. The van der Waals surface area contributed by atoms with Gasteiger partial charge in [-0.15, -0.1) is 0 Å². The molecule has 0 bridgehead atoms. The maximum absolute atomic E-state index is 2.56. The molecule has 1 aliphatic rings. The topological polar surface area (TPSA) is 0 Å². The Bertz CT molecular complexity index is 72.1. The Morgan fingerprint density at radius 2 is 2.12 bits per heavy atom. The molecule has 0 atom stereocenters. The lowest BCUT2D eigenvalue weighted by atomic mass is 10.5. The standard InChI is InChI=1S/C4H16Si4/c1-4(2)5-3-6-8-7-4/h3,5-8H2,1-2H3. The van der Waals surface area contributed by atoms with Crippen molar-refractivity contribution in [1.82, 2.24) is 0 Å². The van der Waals surface area contributed by atoms with Gasteiger partial charge < -0.3 is 0 Å². The molecule has 1 aliphatic heterocycles. The van der Waals surface area contributed by atoms with Crippen molar-refractivity contribution in [2.75, 3.05) is 0 Å². The second-order valence-electron chi connectivity index (χ2n) is 3.72. The largest absolute Gasteiger partial charge is 0.0744 e. The van der Waals surface area contributed by atoms with E-state index in [4.69, 9.17) is 0 Å². The fourth-order valence-corrected chi connectivity index (χ4v) is 50.7. The predicted octanol–water partition coefficient (Wildman–Crippen LogP) is -1.96. The third-order valence-corrected chi connectivity index (χ3v) is 32.2. The molecule has 1 saturated heterocycles. The number of hydrogen-bond donors (Lipinski definition) is 0. The Morgan fingerprint density at radius 3 is 2.38 bits per heavy atom. The first-order valence-corrected chi connectivity index (χ1v) is 15.1. The summed E-state index contributed by atoms with van der Waals surface area (Å²) in [7, 11) is 2.51. The molecule has 8 heavy (non-hydrogen) atoms. The van der Waals surface area contributed by atoms with E-state index >= 15 is 0 Å². The van der Waals surface area contributed by atoms with Crippen LogP contribution < -0.4 is 0 Å². The highest BCUT2D eigenvalue weighted by Gasteiger charge is 2.21. The second kappa shape index (κ2) is 2.63. The molecule has 0 N–H and O–H groups in total. The lowest BCUT2D eigenvalue weighted by molar-refractivity contribution is 0.947. The zero-order valence-corrected chi connectivity index (χ0v) is 11.7. The minimum absolute atomic E-state index is 0.495. The highest BCUT2D eigenvalue weighted by molar-refractivity contribution is 7.34. The minimum Gasteiger partial charge on any atom is -0.0744 e. The van der Waals surface area contributed by atoms with Crippen molar-refractivity contribution in [2.24, 2.45) is 0 Å². The predicted molar refractivity (Wildman–Crippen MR) is 53.0 cm³/mol. The van der Waals surface area contributed by atoms with Crippen molar-refractivity contribution in [2.45, 2.75) is 24.2 Å². The maximum atomic E-state index is 2.56. The van der Waals surface area contributed by atoms with E-state index in [1.165, 1.54) is 0 Å². The van der Waals surface area contributed by atoms with E-state index in [2.05, 4.69) is 13.8 Å². The van der Waals surface area contributed by atoms with Crippen LogP contribution in [0.1, 0.15) is 13.8 Å². The molecule has 48 valence electrons. The van der Waals surface area contributed by atoms with Crippen molar-refractivity contribution >= 4 is 36.1 Å². The highest BCUT2D eigenvalue weighted by atomic mass is 29.5. The SMILES string of the molecule is CC1(C)[SiH2]C[SiH2][SiH2][SiH2]1. The average Bonchev–Trinajstić information content (AvgIpc) is 1.65. The van der Waals surface area contributed by atoms with Gasteiger partial charge in [0.1, 0.15) is 0 Å². The van der Waals surface area contributed by atoms with E-state index < -0.39 is 0 Å². The summed E-state index contributed by atoms with van der Waals surface area (Å²) in [6, 6.07) is 0. The minimum atomic E-state index is 0.495. The molecule has 0 aromatic rings. The van der Waals surface area contributed by atoms with Gasteiger partial charge in [-0.3, -0.25) is 0 Å². The van der Waals surface area contributed by atoms with E-state index in [0.717, 1.165) is 4.66 Å². The molecule has 0 saturated carbocycles. The van der Waals surface area contributed by atoms with E-state index in [0.29, 0.717) is 36.1 Å². The van der Waals surface area contributed by atoms with Crippen molar-refractivity contribution < 1.29 is 0 Å². The Balaban J connectivity index is 2.33. The van der Waals surface area contributed by atoms with Crippen LogP contribution in [0.25, 0.3) is 0 Å². The molecular weight excluding hydrogens is 160 g/mol. The first-order valence-electron chi connectivity index (χ1n) is 3.71. The maximum Gasteiger partial charge on any atom is 0.0187 e. The van der Waals surface area contributed by atoms with Crippen LogP contribution in [0.2, 0.25) is 10.3 Å². The summed E-state index contributed by atoms with van der Waals surface area (Å²) >= 11 is 0. The van der Waals surface area contributed by atoms with Crippen molar-refractivity contribution in [3.05, 3.63) is 0 Å². The monoisotopic (exact) mass is 176 g/mol. The van der Waals surface area contributed by atoms with E-state index in [1.54, 1.807) is 0 Å². The third-order valence-electron chi connectivity index (χ3n) is 2.21. The molecule has 1 fully saturated rings. The van der Waals surface area contributed by atoms with Gasteiger partial charge >= 0.3 is 0 Å². The van der Waals surface area contributed by atoms with Gasteiger partial charge in [-0.1, -0.05) is 24.2 Å². The molecule has 4 heteroatoms. The molecule has 0 unspecified atom stereocenters. The Hall–Kier alpha value is 0.868. The molecule has 1 rings (SSSR count). The van der Waals surface area contributed by atoms with Gasteiger partial charge in [0.05, 0.1) is 0 Å². The van der Waals surface area contributed by atoms with Gasteiger partial charge in [0.25, 0.3) is 0 Å². The van der Waals surface area contributed by atoms with Crippen LogP contribution in [0.5, 0.6) is 0 Å². The summed E-state index contributed by atoms with van der Waals surface area (Å²) < 4.78 is 1.05. The van der Waals surface area contributed by atoms with Crippen molar-refractivity contribution in [3.63, 3.8) is 0 Å². The summed E-state index contributed by atoms with van der Waals surface area (Å²) in [5.41, 5.74) is 1.84. The van der Waals surface area contributed by atoms with Gasteiger partial charge in [0, 0.05) is 27.6 Å². The average molecular weight is 177 g/mol. The molecule has 0 radical (unpaired) electrons. The highest BCUT2D eigenvalue weighted by Crippen LogP contribution is 2.22. The van der Waals surface area contributed by atoms with Crippen LogP contribution in [0, 0.1) is 0 Å². The fraction of sp³-hybridized carbons (Fsp3) is 1.00. The van der Waals surface area contributed by atoms with Crippen LogP contribution >= 0.6 is 0 Å². The van der Waals surface area contributed by atoms with Gasteiger partial charge in [0.15, 0.2) is 0 Å². The zero-order valence-electron chi connectivity index (χ0n) is 6.04. The smallest absolute Gasteiger partial charge is 0.0187 e. The van der Waals surface area contributed by atoms with Gasteiger partial charge in [0.2, 0.25) is 0 Å². The zero-order chi connectivity index (χ0) is 6.04. The summed E-state index contributed by atoms with van der Waals surface area (Å²) in [5.74, 6) is 0. The van der Waals surface area contributed by atoms with Crippen LogP contribution in [-0.4, -0.2) is 36.1 Å². The quantitative estimate of drug-likeness (QED) is 0.376. The summed E-state index contributed by atoms with van der Waals surface area (Å²) in [6.45, 7) is 5.12. The normalized spacial score (nSPS) is 39.8. The van der Waals surface area contributed by atoms with E-state index in [9.17, 15) is 0 Å². The molecule has 0 aliphatic carbocycles. The Labute approximate surface area is 60.7 Å². The van der Waals surface area contributed by atoms with Crippen LogP contribution in [-0.2, 0) is 0 Å². The molecular formula is C4H16Si4. The molecule has 0 nitrogen and oxygen atoms in total. The molecule has 0 aromatic carbocycles. The third kappa shape index (κ3) is 2.00. The van der Waals surface area contributed by atoms with Crippen molar-refractivity contribution in [3.8, 4) is 0 Å². The van der Waals surface area contributed by atoms with Gasteiger partial charge in [-0.2, -0.15) is 0 Å². The van der Waals surface area contributed by atoms with Crippen LogP contribution in [0.4, 0.5) is 0 Å². The van der Waals surface area contributed by atoms with Gasteiger partial charge in [-0.05, 0) is 8.55 Å². The Morgan fingerprint density at radius 1 is 1.38 bits per heavy atom. The summed E-state index contributed by atoms with van der Waals surface area (Å²) in [4.78, 5) is 0. The second-order valence-corrected chi connectivity index (χ2v) is 25.9. The summed E-state index contributed by atoms with van der Waals surface area (Å²) in [6.07, 6.45) is 0. The lowest BCUT2D eigenvalue weighted by Gasteiger charge is -2.27. The number of rotatable bonds is 0. The fourth-order valence-electron chi connectivity index (χ4n) is 1.51. The lowest BCUT2D eigenvalue weighted by Crippen LogP contribution is -2.35. The van der Waals surface area contributed by atoms with Gasteiger partial charge in [-0.25, -0.2) is 0 Å².